The predicted octanol–water partition coefficient (Wildman–Crippen LogP) is 2.18. The third-order valence-corrected chi connectivity index (χ3v) is 4.09. The Labute approximate surface area is 120 Å². The van der Waals surface area contributed by atoms with Gasteiger partial charge in [0.25, 0.3) is 5.91 Å². The summed E-state index contributed by atoms with van der Waals surface area (Å²) in [7, 11) is 0. The maximum Gasteiger partial charge on any atom is 0.263 e. The molecule has 0 saturated heterocycles. The van der Waals surface area contributed by atoms with Crippen molar-refractivity contribution >= 4 is 23.0 Å². The average Bonchev–Trinajstić information content (AvgIpc) is 2.96. The highest BCUT2D eigenvalue weighted by atomic mass is 32.1. The summed E-state index contributed by atoms with van der Waals surface area (Å²) < 4.78 is 0. The highest BCUT2D eigenvalue weighted by Gasteiger charge is 2.19. The molecule has 6 nitrogen and oxygen atoms in total. The zero-order chi connectivity index (χ0) is 14.9. The number of aromatic amines is 1. The summed E-state index contributed by atoms with van der Waals surface area (Å²) in [5.74, 6) is -0.369. The van der Waals surface area contributed by atoms with E-state index in [-0.39, 0.29) is 17.7 Å². The second-order valence-corrected chi connectivity index (χ2v) is 5.66. The normalized spacial score (nSPS) is 12.2. The summed E-state index contributed by atoms with van der Waals surface area (Å²) in [5, 5.41) is 10.2. The van der Waals surface area contributed by atoms with Crippen LogP contribution >= 0.6 is 11.3 Å². The molecule has 2 aromatic rings. The molecule has 1 amide bonds. The van der Waals surface area contributed by atoms with E-state index in [0.29, 0.717) is 9.88 Å². The minimum atomic E-state index is -0.234. The molecular formula is C13H16N4O2S. The van der Waals surface area contributed by atoms with E-state index in [1.54, 1.807) is 0 Å². The number of carbonyl (C=O) groups excluding carboxylic acids is 2. The van der Waals surface area contributed by atoms with Crippen LogP contribution in [0.5, 0.6) is 0 Å². The summed E-state index contributed by atoms with van der Waals surface area (Å²) >= 11 is 1.10. The lowest BCUT2D eigenvalue weighted by Gasteiger charge is -2.13. The minimum absolute atomic E-state index is 0.136. The second-order valence-electron chi connectivity index (χ2n) is 4.63. The molecule has 106 valence electrons. The van der Waals surface area contributed by atoms with Crippen molar-refractivity contribution in [2.24, 2.45) is 0 Å². The lowest BCUT2D eigenvalue weighted by Crippen LogP contribution is -2.26. The number of nitrogens with one attached hydrogen (secondary N) is 2. The van der Waals surface area contributed by atoms with Gasteiger partial charge < -0.3 is 5.32 Å². The van der Waals surface area contributed by atoms with Crippen LogP contribution < -0.4 is 5.32 Å². The highest BCUT2D eigenvalue weighted by Crippen LogP contribution is 2.20. The Morgan fingerprint density at radius 1 is 1.40 bits per heavy atom. The Morgan fingerprint density at radius 2 is 2.10 bits per heavy atom. The van der Waals surface area contributed by atoms with Gasteiger partial charge in [-0.3, -0.25) is 14.7 Å². The lowest BCUT2D eigenvalue weighted by atomic mass is 10.1. The first-order chi connectivity index (χ1) is 9.40. The average molecular weight is 292 g/mol. The van der Waals surface area contributed by atoms with Crippen molar-refractivity contribution in [1.29, 1.82) is 0 Å². The van der Waals surface area contributed by atoms with Crippen molar-refractivity contribution in [2.45, 2.75) is 33.7 Å². The molecule has 20 heavy (non-hydrogen) atoms. The van der Waals surface area contributed by atoms with Gasteiger partial charge in [-0.25, -0.2) is 4.98 Å². The smallest absolute Gasteiger partial charge is 0.263 e. The summed E-state index contributed by atoms with van der Waals surface area (Å²) in [6.45, 7) is 7.14. The van der Waals surface area contributed by atoms with Gasteiger partial charge in [-0.05, 0) is 20.8 Å². The number of carbonyl (C=O) groups is 2. The summed E-state index contributed by atoms with van der Waals surface area (Å²) in [6, 6.07) is -0.163. The summed E-state index contributed by atoms with van der Waals surface area (Å²) in [6.07, 6.45) is 1.43. The van der Waals surface area contributed by atoms with Crippen molar-refractivity contribution in [3.05, 3.63) is 33.0 Å². The van der Waals surface area contributed by atoms with Crippen LogP contribution in [-0.4, -0.2) is 26.9 Å². The predicted molar refractivity (Wildman–Crippen MR) is 76.1 cm³/mol. The number of thiazole rings is 1. The Hall–Kier alpha value is -2.02. The minimum Gasteiger partial charge on any atom is -0.345 e. The van der Waals surface area contributed by atoms with Crippen LogP contribution in [0.15, 0.2) is 6.20 Å². The third kappa shape index (κ3) is 2.77. The monoisotopic (exact) mass is 292 g/mol. The Kier molecular flexibility index (Phi) is 3.99. The van der Waals surface area contributed by atoms with Crippen LogP contribution in [0.2, 0.25) is 0 Å². The molecule has 2 N–H and O–H groups in total. The summed E-state index contributed by atoms with van der Waals surface area (Å²) in [5.41, 5.74) is 2.78. The van der Waals surface area contributed by atoms with Crippen LogP contribution in [0.1, 0.15) is 56.3 Å². The molecule has 0 bridgehead atoms. The quantitative estimate of drug-likeness (QED) is 0.845. The van der Waals surface area contributed by atoms with Crippen LogP contribution in [-0.2, 0) is 0 Å². The number of ketones is 1. The van der Waals surface area contributed by atoms with Crippen LogP contribution in [0.4, 0.5) is 0 Å². The molecule has 0 aliphatic rings. The van der Waals surface area contributed by atoms with E-state index < -0.39 is 0 Å². The van der Waals surface area contributed by atoms with Gasteiger partial charge in [0.05, 0.1) is 17.9 Å². The molecule has 2 aromatic heterocycles. The molecule has 0 aliphatic heterocycles. The van der Waals surface area contributed by atoms with Gasteiger partial charge in [0.15, 0.2) is 10.8 Å². The summed E-state index contributed by atoms with van der Waals surface area (Å²) in [4.78, 5) is 27.7. The maximum absolute atomic E-state index is 12.1. The van der Waals surface area contributed by atoms with E-state index in [0.717, 1.165) is 28.3 Å². The Balaban J connectivity index is 2.13. The highest BCUT2D eigenvalue weighted by molar-refractivity contribution is 7.15. The number of rotatable bonds is 4. The molecule has 0 unspecified atom stereocenters. The molecule has 7 heteroatoms. The Morgan fingerprint density at radius 3 is 2.60 bits per heavy atom. The van der Waals surface area contributed by atoms with E-state index >= 15 is 0 Å². The number of hydrogen-bond acceptors (Lipinski definition) is 5. The van der Waals surface area contributed by atoms with Gasteiger partial charge >= 0.3 is 0 Å². The third-order valence-electron chi connectivity index (χ3n) is 3.00. The first-order valence-electron chi connectivity index (χ1n) is 6.19. The molecule has 0 saturated carbocycles. The molecule has 1 atom stereocenters. The first-order valence-corrected chi connectivity index (χ1v) is 7.01. The van der Waals surface area contributed by atoms with Crippen molar-refractivity contribution in [2.75, 3.05) is 0 Å². The van der Waals surface area contributed by atoms with Crippen molar-refractivity contribution in [3.8, 4) is 0 Å². The van der Waals surface area contributed by atoms with E-state index in [4.69, 9.17) is 0 Å². The van der Waals surface area contributed by atoms with Crippen molar-refractivity contribution in [1.82, 2.24) is 20.5 Å². The molecule has 0 aromatic carbocycles. The van der Waals surface area contributed by atoms with Crippen LogP contribution in [0, 0.1) is 13.8 Å². The Bertz CT molecular complexity index is 640. The first kappa shape index (κ1) is 14.4. The lowest BCUT2D eigenvalue weighted by molar-refractivity contribution is 0.0943. The molecular weight excluding hydrogens is 276 g/mol. The maximum atomic E-state index is 12.1. The van der Waals surface area contributed by atoms with Gasteiger partial charge in [0.1, 0.15) is 4.88 Å². The molecule has 2 rings (SSSR count). The molecule has 2 heterocycles. The largest absolute Gasteiger partial charge is 0.345 e. The molecule has 0 fully saturated rings. The fourth-order valence-electron chi connectivity index (χ4n) is 2.08. The second kappa shape index (κ2) is 5.54. The number of Topliss-reactive ketones (excluding diaryl/α,β-unsaturated/α-hetero) is 1. The number of H-pyrrole nitrogens is 1. The van der Waals surface area contributed by atoms with Gasteiger partial charge in [-0.1, -0.05) is 0 Å². The standard InChI is InChI=1S/C13H16N4O2S/c1-6(11-7(2)16-17-8(11)3)15-12(19)10-5-14-13(20-10)9(4)18/h5-6H,1-4H3,(H,15,19)(H,16,17)/t6-/m1/s1. The fraction of sp³-hybridized carbons (Fsp3) is 0.385. The molecule has 0 spiro atoms. The van der Waals surface area contributed by atoms with E-state index in [9.17, 15) is 9.59 Å². The van der Waals surface area contributed by atoms with Crippen molar-refractivity contribution < 1.29 is 9.59 Å². The van der Waals surface area contributed by atoms with E-state index in [2.05, 4.69) is 20.5 Å². The number of hydrogen-bond donors (Lipinski definition) is 2. The van der Waals surface area contributed by atoms with Gasteiger partial charge in [-0.2, -0.15) is 5.10 Å². The van der Waals surface area contributed by atoms with Crippen molar-refractivity contribution in [3.63, 3.8) is 0 Å². The zero-order valence-electron chi connectivity index (χ0n) is 11.8. The van der Waals surface area contributed by atoms with Crippen LogP contribution in [0.25, 0.3) is 0 Å². The van der Waals surface area contributed by atoms with E-state index in [1.807, 2.05) is 20.8 Å². The topological polar surface area (TPSA) is 87.7 Å². The van der Waals surface area contributed by atoms with E-state index in [1.165, 1.54) is 13.1 Å². The number of aryl methyl sites for hydroxylation is 2. The van der Waals surface area contributed by atoms with Crippen LogP contribution in [0.3, 0.4) is 0 Å². The number of amides is 1. The SMILES string of the molecule is CC(=O)c1ncc(C(=O)N[C@H](C)c2c(C)n[nH]c2C)s1. The molecule has 0 aliphatic carbocycles. The molecule has 0 radical (unpaired) electrons. The van der Waals surface area contributed by atoms with Gasteiger partial charge in [0.2, 0.25) is 0 Å². The zero-order valence-corrected chi connectivity index (χ0v) is 12.6. The van der Waals surface area contributed by atoms with Gasteiger partial charge in [-0.15, -0.1) is 11.3 Å². The van der Waals surface area contributed by atoms with Gasteiger partial charge in [0, 0.05) is 18.2 Å². The number of nitrogens with zero attached hydrogens (tertiary/aromatic N) is 2. The number of aromatic nitrogens is 3. The fourth-order valence-corrected chi connectivity index (χ4v) is 2.79.